The first-order valence-electron chi connectivity index (χ1n) is 7.50. The van der Waals surface area contributed by atoms with Gasteiger partial charge in [0, 0.05) is 25.3 Å². The van der Waals surface area contributed by atoms with E-state index in [0.717, 1.165) is 17.8 Å². The Hall–Kier alpha value is -2.20. The van der Waals surface area contributed by atoms with E-state index >= 15 is 0 Å². The number of para-hydroxylation sites is 1. The first-order chi connectivity index (χ1) is 10.6. The van der Waals surface area contributed by atoms with Crippen molar-refractivity contribution in [2.24, 2.45) is 0 Å². The minimum absolute atomic E-state index is 0.111. The molecule has 0 N–H and O–H groups in total. The summed E-state index contributed by atoms with van der Waals surface area (Å²) >= 11 is 0. The van der Waals surface area contributed by atoms with Crippen molar-refractivity contribution in [2.45, 2.75) is 19.5 Å². The molecule has 1 atom stereocenters. The fourth-order valence-electron chi connectivity index (χ4n) is 2.82. The van der Waals surface area contributed by atoms with Gasteiger partial charge in [-0.1, -0.05) is 30.3 Å². The van der Waals surface area contributed by atoms with E-state index in [9.17, 15) is 9.18 Å². The van der Waals surface area contributed by atoms with E-state index in [1.807, 2.05) is 42.2 Å². The van der Waals surface area contributed by atoms with Gasteiger partial charge >= 0.3 is 0 Å². The van der Waals surface area contributed by atoms with Crippen LogP contribution in [0.3, 0.4) is 0 Å². The molecule has 1 heterocycles. The molecule has 22 heavy (non-hydrogen) atoms. The molecule has 0 saturated carbocycles. The fourth-order valence-corrected chi connectivity index (χ4v) is 2.82. The molecular formula is C18H19FN2O. The van der Waals surface area contributed by atoms with Gasteiger partial charge in [0.1, 0.15) is 5.82 Å². The third-order valence-electron chi connectivity index (χ3n) is 4.15. The van der Waals surface area contributed by atoms with Gasteiger partial charge in [-0.25, -0.2) is 4.39 Å². The van der Waals surface area contributed by atoms with Crippen molar-refractivity contribution < 1.29 is 9.18 Å². The van der Waals surface area contributed by atoms with Crippen molar-refractivity contribution in [3.8, 4) is 0 Å². The van der Waals surface area contributed by atoms with Gasteiger partial charge in [-0.3, -0.25) is 9.69 Å². The fraction of sp³-hybridized carbons (Fsp3) is 0.278. The van der Waals surface area contributed by atoms with Crippen LogP contribution in [0.1, 0.15) is 12.5 Å². The highest BCUT2D eigenvalue weighted by atomic mass is 19.1. The molecule has 1 aliphatic rings. The molecule has 2 aromatic carbocycles. The Bertz CT molecular complexity index is 642. The van der Waals surface area contributed by atoms with Gasteiger partial charge in [0.2, 0.25) is 5.91 Å². The Kier molecular flexibility index (Phi) is 4.20. The zero-order valence-electron chi connectivity index (χ0n) is 12.6. The second-order valence-corrected chi connectivity index (χ2v) is 5.60. The molecule has 0 radical (unpaired) electrons. The Labute approximate surface area is 130 Å². The number of rotatable bonds is 3. The molecule has 114 valence electrons. The molecule has 2 aromatic rings. The minimum Gasteiger partial charge on any atom is -0.310 e. The summed E-state index contributed by atoms with van der Waals surface area (Å²) in [5.74, 6) is -0.124. The smallest absolute Gasteiger partial charge is 0.244 e. The summed E-state index contributed by atoms with van der Waals surface area (Å²) < 4.78 is 13.0. The van der Waals surface area contributed by atoms with Crippen molar-refractivity contribution in [2.75, 3.05) is 18.0 Å². The number of carbonyl (C=O) groups is 1. The first kappa shape index (κ1) is 14.7. The molecule has 0 aromatic heterocycles. The van der Waals surface area contributed by atoms with E-state index in [0.29, 0.717) is 13.1 Å². The first-order valence-corrected chi connectivity index (χ1v) is 7.50. The van der Waals surface area contributed by atoms with E-state index < -0.39 is 0 Å². The van der Waals surface area contributed by atoms with Crippen LogP contribution < -0.4 is 4.90 Å². The van der Waals surface area contributed by atoms with Gasteiger partial charge in [-0.2, -0.15) is 0 Å². The third kappa shape index (κ3) is 3.02. The number of anilines is 1. The summed E-state index contributed by atoms with van der Waals surface area (Å²) in [7, 11) is 0. The summed E-state index contributed by atoms with van der Waals surface area (Å²) in [4.78, 5) is 16.6. The maximum absolute atomic E-state index is 13.0. The van der Waals surface area contributed by atoms with Gasteiger partial charge in [0.25, 0.3) is 0 Å². The van der Waals surface area contributed by atoms with Gasteiger partial charge in [0.05, 0.1) is 6.04 Å². The van der Waals surface area contributed by atoms with Crippen LogP contribution >= 0.6 is 0 Å². The number of nitrogens with zero attached hydrogens (tertiary/aromatic N) is 2. The zero-order valence-corrected chi connectivity index (χ0v) is 12.6. The average molecular weight is 298 g/mol. The normalized spacial score (nSPS) is 19.5. The van der Waals surface area contributed by atoms with E-state index in [2.05, 4.69) is 4.90 Å². The van der Waals surface area contributed by atoms with Crippen LogP contribution in [0, 0.1) is 5.82 Å². The van der Waals surface area contributed by atoms with Crippen molar-refractivity contribution in [1.29, 1.82) is 0 Å². The largest absolute Gasteiger partial charge is 0.310 e. The average Bonchev–Trinajstić information content (AvgIpc) is 2.55. The lowest BCUT2D eigenvalue weighted by Gasteiger charge is -2.39. The number of piperazine rings is 1. The van der Waals surface area contributed by atoms with Gasteiger partial charge in [-0.05, 0) is 36.8 Å². The highest BCUT2D eigenvalue weighted by Gasteiger charge is 2.31. The molecule has 1 aliphatic heterocycles. The van der Waals surface area contributed by atoms with Crippen LogP contribution in [0.4, 0.5) is 10.1 Å². The summed E-state index contributed by atoms with van der Waals surface area (Å²) in [5, 5.41) is 0. The van der Waals surface area contributed by atoms with Gasteiger partial charge in [-0.15, -0.1) is 0 Å². The number of carbonyl (C=O) groups excluding carboxylic acids is 1. The molecule has 4 heteroatoms. The molecule has 1 amide bonds. The lowest BCUT2D eigenvalue weighted by molar-refractivity contribution is -0.125. The Morgan fingerprint density at radius 2 is 1.73 bits per heavy atom. The van der Waals surface area contributed by atoms with Gasteiger partial charge < -0.3 is 4.90 Å². The van der Waals surface area contributed by atoms with E-state index in [-0.39, 0.29) is 17.8 Å². The molecule has 0 aliphatic carbocycles. The minimum atomic E-state index is -0.234. The van der Waals surface area contributed by atoms with Crippen LogP contribution in [0.2, 0.25) is 0 Å². The van der Waals surface area contributed by atoms with E-state index in [4.69, 9.17) is 0 Å². The lowest BCUT2D eigenvalue weighted by Crippen LogP contribution is -2.55. The van der Waals surface area contributed by atoms with E-state index in [1.54, 1.807) is 12.1 Å². The van der Waals surface area contributed by atoms with Crippen LogP contribution in [-0.4, -0.2) is 29.9 Å². The van der Waals surface area contributed by atoms with Crippen LogP contribution in [0.5, 0.6) is 0 Å². The molecule has 0 unspecified atom stereocenters. The highest BCUT2D eigenvalue weighted by Crippen LogP contribution is 2.21. The second-order valence-electron chi connectivity index (χ2n) is 5.60. The Morgan fingerprint density at radius 1 is 1.05 bits per heavy atom. The predicted octanol–water partition coefficient (Wildman–Crippen LogP) is 3.06. The Balaban J connectivity index is 1.70. The van der Waals surface area contributed by atoms with Crippen LogP contribution in [0.15, 0.2) is 54.6 Å². The summed E-state index contributed by atoms with van der Waals surface area (Å²) in [6.45, 7) is 4.07. The van der Waals surface area contributed by atoms with Gasteiger partial charge in [0.15, 0.2) is 0 Å². The maximum atomic E-state index is 13.0. The van der Waals surface area contributed by atoms with Crippen LogP contribution in [-0.2, 0) is 11.3 Å². The number of hydrogen-bond acceptors (Lipinski definition) is 2. The number of hydrogen-bond donors (Lipinski definition) is 0. The molecule has 0 spiro atoms. The third-order valence-corrected chi connectivity index (χ3v) is 4.15. The quantitative estimate of drug-likeness (QED) is 0.869. The summed E-state index contributed by atoms with van der Waals surface area (Å²) in [6.07, 6.45) is 0. The summed E-state index contributed by atoms with van der Waals surface area (Å²) in [6, 6.07) is 16.0. The monoisotopic (exact) mass is 298 g/mol. The lowest BCUT2D eigenvalue weighted by atomic mass is 10.1. The topological polar surface area (TPSA) is 23.6 Å². The SMILES string of the molecule is C[C@H]1C(=O)N(c2ccccc2)CCN1Cc1ccc(F)cc1. The van der Waals surface area contributed by atoms with Crippen molar-refractivity contribution in [3.05, 3.63) is 66.0 Å². The molecular weight excluding hydrogens is 279 g/mol. The van der Waals surface area contributed by atoms with E-state index in [1.165, 1.54) is 12.1 Å². The molecule has 3 rings (SSSR count). The van der Waals surface area contributed by atoms with Crippen molar-refractivity contribution in [1.82, 2.24) is 4.90 Å². The predicted molar refractivity (Wildman–Crippen MR) is 85.1 cm³/mol. The Morgan fingerprint density at radius 3 is 2.41 bits per heavy atom. The van der Waals surface area contributed by atoms with Crippen LogP contribution in [0.25, 0.3) is 0 Å². The molecule has 1 saturated heterocycles. The molecule has 0 bridgehead atoms. The second kappa shape index (κ2) is 6.28. The summed E-state index contributed by atoms with van der Waals surface area (Å²) in [5.41, 5.74) is 1.97. The molecule has 1 fully saturated rings. The standard InChI is InChI=1S/C18H19FN2O/c1-14-18(22)21(17-5-3-2-4-6-17)12-11-20(14)13-15-7-9-16(19)10-8-15/h2-10,14H,11-13H2,1H3/t14-/m0/s1. The van der Waals surface area contributed by atoms with Crippen molar-refractivity contribution in [3.63, 3.8) is 0 Å². The number of amides is 1. The highest BCUT2D eigenvalue weighted by molar-refractivity contribution is 5.97. The maximum Gasteiger partial charge on any atom is 0.244 e. The number of benzene rings is 2. The molecule has 3 nitrogen and oxygen atoms in total. The van der Waals surface area contributed by atoms with Crippen molar-refractivity contribution >= 4 is 11.6 Å². The zero-order chi connectivity index (χ0) is 15.5. The number of halogens is 1.